The molecule has 21 heavy (non-hydrogen) atoms. The van der Waals surface area contributed by atoms with Crippen LogP contribution in [0.25, 0.3) is 10.8 Å². The maximum absolute atomic E-state index is 10.6. The Hall–Kier alpha value is -2.95. The lowest BCUT2D eigenvalue weighted by atomic mass is 10.1. The largest absolute Gasteiger partial charge is 0.478 e. The zero-order valence-electron chi connectivity index (χ0n) is 11.2. The summed E-state index contributed by atoms with van der Waals surface area (Å²) in [5.41, 5.74) is 0.787. The molecule has 3 aromatic carbocycles. The van der Waals surface area contributed by atoms with Crippen molar-refractivity contribution in [3.05, 3.63) is 69.4 Å². The van der Waals surface area contributed by atoms with Crippen LogP contribution in [0.1, 0.15) is 26.3 Å². The van der Waals surface area contributed by atoms with Crippen LogP contribution < -0.4 is 5.43 Å². The molecule has 0 aliphatic heterocycles. The molecule has 0 saturated heterocycles. The predicted octanol–water partition coefficient (Wildman–Crippen LogP) is 2.47. The smallest absolute Gasteiger partial charge is 0.335 e. The normalized spacial score (nSPS) is 10.1. The zero-order chi connectivity index (χ0) is 15.6. The minimum atomic E-state index is -1.12. The van der Waals surface area contributed by atoms with Crippen molar-refractivity contribution >= 4 is 22.7 Å². The van der Waals surface area contributed by atoms with Crippen LogP contribution in [0.5, 0.6) is 0 Å². The molecule has 5 nitrogen and oxygen atoms in total. The molecule has 3 rings (SSSR count). The van der Waals surface area contributed by atoms with Crippen molar-refractivity contribution < 1.29 is 19.8 Å². The van der Waals surface area contributed by atoms with Crippen LogP contribution in [0.15, 0.2) is 47.3 Å². The van der Waals surface area contributed by atoms with Crippen molar-refractivity contribution in [1.29, 1.82) is 0 Å². The van der Waals surface area contributed by atoms with E-state index < -0.39 is 11.9 Å². The molecule has 0 atom stereocenters. The van der Waals surface area contributed by atoms with Gasteiger partial charge in [0, 0.05) is 10.8 Å². The highest BCUT2D eigenvalue weighted by Gasteiger charge is 2.10. The summed E-state index contributed by atoms with van der Waals surface area (Å²) >= 11 is 0. The molecule has 0 aliphatic carbocycles. The summed E-state index contributed by atoms with van der Waals surface area (Å²) in [7, 11) is 0. The minimum Gasteiger partial charge on any atom is -0.478 e. The van der Waals surface area contributed by atoms with Crippen LogP contribution in [0, 0.1) is 6.92 Å². The van der Waals surface area contributed by atoms with Gasteiger partial charge in [-0.25, -0.2) is 9.59 Å². The number of aryl methyl sites for hydroxylation is 1. The van der Waals surface area contributed by atoms with Gasteiger partial charge in [-0.3, -0.25) is 4.79 Å². The van der Waals surface area contributed by atoms with Crippen molar-refractivity contribution in [2.24, 2.45) is 0 Å². The fraction of sp³-hybridized carbons (Fsp3) is 0.0625. The quantitative estimate of drug-likeness (QED) is 0.754. The average molecular weight is 284 g/mol. The molecule has 0 saturated carbocycles. The van der Waals surface area contributed by atoms with Gasteiger partial charge in [0.1, 0.15) is 0 Å². The lowest BCUT2D eigenvalue weighted by Crippen LogP contribution is -2.03. The van der Waals surface area contributed by atoms with E-state index in [2.05, 4.69) is 0 Å². The van der Waals surface area contributed by atoms with Crippen molar-refractivity contribution in [3.63, 3.8) is 0 Å². The van der Waals surface area contributed by atoms with Crippen LogP contribution >= 0.6 is 0 Å². The van der Waals surface area contributed by atoms with Gasteiger partial charge in [0.15, 0.2) is 5.43 Å². The second kappa shape index (κ2) is 5.58. The summed E-state index contributed by atoms with van der Waals surface area (Å²) in [5.74, 6) is -2.23. The predicted molar refractivity (Wildman–Crippen MR) is 77.7 cm³/mol. The highest BCUT2D eigenvalue weighted by atomic mass is 16.4. The topological polar surface area (TPSA) is 91.7 Å². The van der Waals surface area contributed by atoms with Crippen LogP contribution in [0.2, 0.25) is 0 Å². The van der Waals surface area contributed by atoms with Gasteiger partial charge in [0.05, 0.1) is 11.1 Å². The number of hydrogen-bond acceptors (Lipinski definition) is 3. The summed E-state index contributed by atoms with van der Waals surface area (Å²) in [4.78, 5) is 31.6. The van der Waals surface area contributed by atoms with Gasteiger partial charge in [0.25, 0.3) is 0 Å². The van der Waals surface area contributed by atoms with Gasteiger partial charge in [-0.1, -0.05) is 30.3 Å². The summed E-state index contributed by atoms with van der Waals surface area (Å²) in [6.07, 6.45) is 0. The number of carboxylic acids is 2. The molecule has 0 aromatic heterocycles. The van der Waals surface area contributed by atoms with Crippen molar-refractivity contribution in [3.8, 4) is 0 Å². The molecule has 5 heteroatoms. The maximum atomic E-state index is 10.6. The Labute approximate surface area is 119 Å². The van der Waals surface area contributed by atoms with E-state index in [-0.39, 0.29) is 16.6 Å². The molecule has 0 amide bonds. The second-order valence-corrected chi connectivity index (χ2v) is 4.51. The van der Waals surface area contributed by atoms with Gasteiger partial charge in [-0.15, -0.1) is 0 Å². The molecule has 0 aliphatic rings. The first-order chi connectivity index (χ1) is 9.91. The minimum absolute atomic E-state index is 0.0111. The Morgan fingerprint density at radius 2 is 1.48 bits per heavy atom. The molecule has 0 spiro atoms. The molecule has 3 aromatic rings. The Morgan fingerprint density at radius 3 is 1.90 bits per heavy atom. The Kier molecular flexibility index (Phi) is 3.84. The molecule has 2 N–H and O–H groups in total. The maximum Gasteiger partial charge on any atom is 0.335 e. The summed E-state index contributed by atoms with van der Waals surface area (Å²) < 4.78 is 0. The summed E-state index contributed by atoms with van der Waals surface area (Å²) in [5, 5.41) is 19.1. The Bertz CT molecular complexity index is 807. The third-order valence-corrected chi connectivity index (χ3v) is 3.07. The first kappa shape index (κ1) is 14.5. The average Bonchev–Trinajstić information content (AvgIpc) is 3.11. The third-order valence-electron chi connectivity index (χ3n) is 3.07. The van der Waals surface area contributed by atoms with Crippen LogP contribution in [-0.4, -0.2) is 22.2 Å². The van der Waals surface area contributed by atoms with E-state index in [1.807, 2.05) is 24.3 Å². The van der Waals surface area contributed by atoms with E-state index in [0.717, 1.165) is 16.8 Å². The zero-order valence-corrected chi connectivity index (χ0v) is 11.2. The van der Waals surface area contributed by atoms with Gasteiger partial charge in [-0.05, 0) is 24.6 Å². The first-order valence-electron chi connectivity index (χ1n) is 6.12. The Morgan fingerprint density at radius 1 is 0.905 bits per heavy atom. The highest BCUT2D eigenvalue weighted by molar-refractivity contribution is 5.97. The van der Waals surface area contributed by atoms with Gasteiger partial charge in [0.2, 0.25) is 0 Å². The third kappa shape index (κ3) is 3.14. The van der Waals surface area contributed by atoms with E-state index in [9.17, 15) is 14.4 Å². The van der Waals surface area contributed by atoms with Gasteiger partial charge >= 0.3 is 11.9 Å². The number of carboxylic acid groups (broad SMARTS) is 2. The molecule has 0 heterocycles. The highest BCUT2D eigenvalue weighted by Crippen LogP contribution is 2.11. The first-order valence-corrected chi connectivity index (χ1v) is 6.12. The molecule has 0 unspecified atom stereocenters. The molecular formula is C16H12O5. The van der Waals surface area contributed by atoms with Crippen molar-refractivity contribution in [1.82, 2.24) is 0 Å². The number of hydrogen-bond donors (Lipinski definition) is 2. The van der Waals surface area contributed by atoms with Gasteiger partial charge < -0.3 is 10.2 Å². The van der Waals surface area contributed by atoms with E-state index in [1.165, 1.54) is 12.1 Å². The monoisotopic (exact) mass is 284 g/mol. The Balaban J connectivity index is 0.000000170. The number of rotatable bonds is 2. The summed E-state index contributed by atoms with van der Waals surface area (Å²) in [6, 6.07) is 11.5. The number of benzene rings is 2. The number of fused-ring (bicyclic) bond motifs is 1. The second-order valence-electron chi connectivity index (χ2n) is 4.51. The van der Waals surface area contributed by atoms with Crippen LogP contribution in [-0.2, 0) is 0 Å². The van der Waals surface area contributed by atoms with E-state index >= 15 is 0 Å². The number of aromatic carboxylic acids is 2. The molecule has 0 bridgehead atoms. The van der Waals surface area contributed by atoms with Crippen molar-refractivity contribution in [2.45, 2.75) is 6.92 Å². The standard InChI is InChI=1S/C9H8O4.C7H4O/c1-5-2-3-6(8(10)11)4-7(5)9(12)13;8-7-5-3-1-2-4-6(5)7/h2-4H,1H3,(H,10,11)(H,12,13);1-4H. The molecule has 0 fully saturated rings. The molecular weight excluding hydrogens is 272 g/mol. The molecule has 106 valence electrons. The van der Waals surface area contributed by atoms with Crippen LogP contribution in [0.3, 0.4) is 0 Å². The van der Waals surface area contributed by atoms with E-state index in [0.29, 0.717) is 5.56 Å². The summed E-state index contributed by atoms with van der Waals surface area (Å²) in [6.45, 7) is 1.62. The van der Waals surface area contributed by atoms with Crippen LogP contribution in [0.4, 0.5) is 0 Å². The van der Waals surface area contributed by atoms with E-state index in [4.69, 9.17) is 10.2 Å². The van der Waals surface area contributed by atoms with Crippen molar-refractivity contribution in [2.75, 3.05) is 0 Å². The van der Waals surface area contributed by atoms with E-state index in [1.54, 1.807) is 6.92 Å². The number of carbonyl (C=O) groups is 2. The lowest BCUT2D eigenvalue weighted by molar-refractivity contribution is 0.0695. The molecule has 0 radical (unpaired) electrons. The SMILES string of the molecule is Cc1ccc(C(=O)O)cc1C(=O)O.O=c1c2ccccc12. The van der Waals surface area contributed by atoms with Gasteiger partial charge in [-0.2, -0.15) is 0 Å². The lowest BCUT2D eigenvalue weighted by Gasteiger charge is -2.01. The fourth-order valence-corrected chi connectivity index (χ4v) is 1.82. The fourth-order valence-electron chi connectivity index (χ4n) is 1.82.